The molecule has 0 heterocycles. The van der Waals surface area contributed by atoms with Gasteiger partial charge in [0.05, 0.1) is 0 Å². The summed E-state index contributed by atoms with van der Waals surface area (Å²) in [6, 6.07) is 0. The van der Waals surface area contributed by atoms with Gasteiger partial charge in [0.2, 0.25) is 0 Å². The van der Waals surface area contributed by atoms with E-state index in [-0.39, 0.29) is 0 Å². The van der Waals surface area contributed by atoms with Gasteiger partial charge < -0.3 is 0 Å². The topological polar surface area (TPSA) is 0 Å². The van der Waals surface area contributed by atoms with Crippen LogP contribution >= 0.6 is 0 Å². The van der Waals surface area contributed by atoms with E-state index in [9.17, 15) is 0 Å². The van der Waals surface area contributed by atoms with Gasteiger partial charge in [0.25, 0.3) is 0 Å². The summed E-state index contributed by atoms with van der Waals surface area (Å²) in [5.74, 6) is 0. The summed E-state index contributed by atoms with van der Waals surface area (Å²) in [5.41, 5.74) is 0. The van der Waals surface area contributed by atoms with Crippen molar-refractivity contribution in [3.05, 3.63) is 0 Å². The van der Waals surface area contributed by atoms with Crippen LogP contribution in [0.15, 0.2) is 0 Å². The Bertz CT molecular complexity index is 8.00. The van der Waals surface area contributed by atoms with Crippen molar-refractivity contribution in [2.24, 2.45) is 0 Å². The first-order valence-electron chi connectivity index (χ1n) is 0.290. The van der Waals surface area contributed by atoms with Gasteiger partial charge >= 0.3 is 57.3 Å². The van der Waals surface area contributed by atoms with Crippen LogP contribution in [-0.2, 0) is 30.8 Å². The van der Waals surface area contributed by atoms with E-state index in [1.165, 1.54) is 0 Å². The van der Waals surface area contributed by atoms with Crippen LogP contribution in [0.1, 0.15) is 0 Å². The van der Waals surface area contributed by atoms with Gasteiger partial charge in [-0.25, -0.2) is 0 Å². The summed E-state index contributed by atoms with van der Waals surface area (Å²) in [6.45, 7) is 0. The number of hydrogen-bond acceptors (Lipinski definition) is 0. The molecular formula is CuMoSe2. The van der Waals surface area contributed by atoms with Crippen molar-refractivity contribution in [3.8, 4) is 0 Å². The average Bonchev–Trinajstić information content (AvgIpc) is 1.50. The van der Waals surface area contributed by atoms with E-state index in [4.69, 9.17) is 0 Å². The quantitative estimate of drug-likeness (QED) is 0.515. The van der Waals surface area contributed by atoms with Gasteiger partial charge in [-0.3, -0.25) is 0 Å². The van der Waals surface area contributed by atoms with Gasteiger partial charge in [-0.15, -0.1) is 0 Å². The van der Waals surface area contributed by atoms with E-state index < -0.39 is 0 Å². The molecule has 0 spiro atoms. The van der Waals surface area contributed by atoms with Crippen LogP contribution in [0.4, 0.5) is 0 Å². The summed E-state index contributed by atoms with van der Waals surface area (Å²) in [7, 11) is 0. The van der Waals surface area contributed by atoms with Crippen molar-refractivity contribution in [2.45, 2.75) is 0 Å². The van der Waals surface area contributed by atoms with Crippen molar-refractivity contribution >= 4 is 26.5 Å². The van der Waals surface area contributed by atoms with Crippen LogP contribution in [0, 0.1) is 0 Å². The molecule has 0 nitrogen and oxygen atoms in total. The average molecular weight is 317 g/mol. The van der Waals surface area contributed by atoms with Gasteiger partial charge in [-0.1, -0.05) is 0 Å². The van der Waals surface area contributed by atoms with Crippen LogP contribution in [0.2, 0.25) is 0 Å². The molecule has 0 saturated carbocycles. The molecular weight excluding hydrogens is 317 g/mol. The van der Waals surface area contributed by atoms with Crippen LogP contribution in [0.3, 0.4) is 0 Å². The molecule has 0 aromatic carbocycles. The van der Waals surface area contributed by atoms with Crippen LogP contribution in [-0.4, -0.2) is 26.5 Å². The monoisotopic (exact) mass is 321 g/mol. The molecule has 0 unspecified atom stereocenters. The summed E-state index contributed by atoms with van der Waals surface area (Å²) < 4.78 is 0. The Balaban J connectivity index is 0. The maximum absolute atomic E-state index is 4.06. The number of rotatable bonds is 0. The molecule has 0 aromatic heterocycles. The Kier molecular flexibility index (Phi) is 44.7. The molecule has 0 aliphatic carbocycles. The molecule has 29 valence electrons. The van der Waals surface area contributed by atoms with E-state index >= 15 is 0 Å². The van der Waals surface area contributed by atoms with Crippen molar-refractivity contribution in [3.63, 3.8) is 0 Å². The first-order valence-corrected chi connectivity index (χ1v) is 7.76. The van der Waals surface area contributed by atoms with E-state index in [1.54, 1.807) is 0 Å². The standard InChI is InChI=1S/Cu.Mo.2Se. The van der Waals surface area contributed by atoms with E-state index in [1.807, 2.05) is 17.2 Å². The number of hydrogen-bond donors (Lipinski definition) is 0. The summed E-state index contributed by atoms with van der Waals surface area (Å²) in [6.07, 6.45) is 0. The Morgan fingerprint density at radius 3 is 1.25 bits per heavy atom. The van der Waals surface area contributed by atoms with Gasteiger partial charge in [0.15, 0.2) is 0 Å². The molecule has 0 radical (unpaired) electrons. The normalized spacial score (nSPS) is 2.50. The second-order valence-electron chi connectivity index (χ2n) is 0. The van der Waals surface area contributed by atoms with Crippen LogP contribution in [0.5, 0.6) is 0 Å². The van der Waals surface area contributed by atoms with E-state index in [2.05, 4.69) is 40.1 Å². The zero-order valence-corrected chi connectivity index (χ0v) is 7.90. The Morgan fingerprint density at radius 2 is 1.25 bits per heavy atom. The molecule has 0 atom stereocenters. The zero-order chi connectivity index (χ0) is 4.00. The molecule has 0 rings (SSSR count). The minimum atomic E-state index is 1.82. The molecule has 4 heavy (non-hydrogen) atoms. The van der Waals surface area contributed by atoms with Gasteiger partial charge in [0.1, 0.15) is 0 Å². The Labute approximate surface area is 56.6 Å². The summed E-state index contributed by atoms with van der Waals surface area (Å²) in [4.78, 5) is 0. The fourth-order valence-electron chi connectivity index (χ4n) is 0. The Morgan fingerprint density at radius 1 is 1.25 bits per heavy atom. The van der Waals surface area contributed by atoms with Crippen molar-refractivity contribution < 1.29 is 30.8 Å². The molecule has 0 bridgehead atoms. The second kappa shape index (κ2) is 18.7. The first-order chi connectivity index (χ1) is 2.00. The zero-order valence-electron chi connectivity index (χ0n) is 1.53. The van der Waals surface area contributed by atoms with Gasteiger partial charge in [-0.2, -0.15) is 0 Å². The fraction of sp³-hybridized carbons (Fsp3) is 0. The minimum absolute atomic E-state index is 1.82. The molecule has 4 heteroatoms. The fourth-order valence-corrected chi connectivity index (χ4v) is 0. The van der Waals surface area contributed by atoms with Crippen molar-refractivity contribution in [1.82, 2.24) is 0 Å². The van der Waals surface area contributed by atoms with Crippen molar-refractivity contribution in [2.75, 3.05) is 0 Å². The third-order valence-electron chi connectivity index (χ3n) is 0. The van der Waals surface area contributed by atoms with Crippen LogP contribution in [0.25, 0.3) is 0 Å². The first kappa shape index (κ1) is 9.54. The molecule has 0 saturated heterocycles. The molecule has 0 amide bonds. The van der Waals surface area contributed by atoms with Crippen molar-refractivity contribution in [1.29, 1.82) is 0 Å². The molecule has 0 aromatic rings. The molecule has 0 fully saturated rings. The van der Waals surface area contributed by atoms with Gasteiger partial charge in [-0.05, 0) is 0 Å². The maximum atomic E-state index is 4.06. The Hall–Kier alpha value is 2.25. The van der Waals surface area contributed by atoms with E-state index in [0.29, 0.717) is 0 Å². The predicted molar refractivity (Wildman–Crippen MR) is 11.5 cm³/mol. The third-order valence-corrected chi connectivity index (χ3v) is 0. The summed E-state index contributed by atoms with van der Waals surface area (Å²) >= 11 is 10.7. The molecule has 0 N–H and O–H groups in total. The predicted octanol–water partition coefficient (Wildman–Crippen LogP) is -0.767. The molecule has 0 aliphatic heterocycles. The second-order valence-corrected chi connectivity index (χ2v) is 0. The van der Waals surface area contributed by atoms with E-state index in [0.717, 1.165) is 0 Å². The third kappa shape index (κ3) is 8.87. The van der Waals surface area contributed by atoms with Crippen LogP contribution < -0.4 is 0 Å². The van der Waals surface area contributed by atoms with Gasteiger partial charge in [0, 0.05) is 0 Å². The summed E-state index contributed by atoms with van der Waals surface area (Å²) in [5, 5.41) is 0. The SMILES string of the molecule is [Cu]=[Se].[Se]=[Mo]. The molecule has 0 aliphatic rings.